The SMILES string of the molecule is COc1ccc(C(=O)Nc2cccc(C(=O)NN=Cc3ccccc3OC(=O)c3ccc([N+](=O)[O-])cc3)c2)cc1. The number of nitrogens with one attached hydrogen (secondary N) is 2. The van der Waals surface area contributed by atoms with Crippen LogP contribution in [0.5, 0.6) is 11.5 Å². The molecule has 2 N–H and O–H groups in total. The highest BCUT2D eigenvalue weighted by Gasteiger charge is 2.14. The molecule has 2 amide bonds. The molecule has 0 spiro atoms. The molecule has 0 radical (unpaired) electrons. The van der Waals surface area contributed by atoms with Crippen LogP contribution in [0.25, 0.3) is 0 Å². The van der Waals surface area contributed by atoms with Gasteiger partial charge in [0.2, 0.25) is 0 Å². The van der Waals surface area contributed by atoms with Crippen molar-refractivity contribution in [3.05, 3.63) is 129 Å². The van der Waals surface area contributed by atoms with Gasteiger partial charge in [0.05, 0.1) is 23.8 Å². The number of amides is 2. The van der Waals surface area contributed by atoms with Crippen LogP contribution in [0.3, 0.4) is 0 Å². The maximum absolute atomic E-state index is 12.7. The highest BCUT2D eigenvalue weighted by atomic mass is 16.6. The Morgan fingerprint density at radius 2 is 1.52 bits per heavy atom. The zero-order valence-electron chi connectivity index (χ0n) is 21.1. The fraction of sp³-hybridized carbons (Fsp3) is 0.0345. The zero-order chi connectivity index (χ0) is 28.5. The van der Waals surface area contributed by atoms with Gasteiger partial charge in [0, 0.05) is 34.5 Å². The first-order valence-electron chi connectivity index (χ1n) is 11.8. The Labute approximate surface area is 228 Å². The Bertz CT molecular complexity index is 1580. The molecule has 0 atom stereocenters. The molecule has 0 unspecified atom stereocenters. The van der Waals surface area contributed by atoms with Crippen LogP contribution in [-0.4, -0.2) is 36.0 Å². The molecule has 4 aromatic carbocycles. The molecule has 200 valence electrons. The minimum absolute atomic E-state index is 0.129. The van der Waals surface area contributed by atoms with Crippen molar-refractivity contribution >= 4 is 35.4 Å². The molecule has 4 aromatic rings. The van der Waals surface area contributed by atoms with E-state index in [9.17, 15) is 24.5 Å². The number of anilines is 1. The second-order valence-electron chi connectivity index (χ2n) is 8.19. The van der Waals surface area contributed by atoms with E-state index in [4.69, 9.17) is 9.47 Å². The highest BCUT2D eigenvalue weighted by molar-refractivity contribution is 6.05. The highest BCUT2D eigenvalue weighted by Crippen LogP contribution is 2.19. The van der Waals surface area contributed by atoms with Gasteiger partial charge in [-0.1, -0.05) is 18.2 Å². The Balaban J connectivity index is 1.38. The Morgan fingerprint density at radius 1 is 0.825 bits per heavy atom. The number of benzene rings is 4. The number of nitrogens with zero attached hydrogens (tertiary/aromatic N) is 2. The number of carbonyl (C=O) groups excluding carboxylic acids is 3. The van der Waals surface area contributed by atoms with Gasteiger partial charge in [0.25, 0.3) is 17.5 Å². The van der Waals surface area contributed by atoms with E-state index in [0.29, 0.717) is 22.6 Å². The van der Waals surface area contributed by atoms with Crippen LogP contribution in [-0.2, 0) is 0 Å². The maximum atomic E-state index is 12.7. The van der Waals surface area contributed by atoms with Crippen molar-refractivity contribution in [1.29, 1.82) is 0 Å². The number of ether oxygens (including phenoxy) is 2. The van der Waals surface area contributed by atoms with E-state index in [1.807, 2.05) is 0 Å². The minimum atomic E-state index is -0.715. The Hall–Kier alpha value is -5.84. The number of hydrazone groups is 1. The molecule has 4 rings (SSSR count). The van der Waals surface area contributed by atoms with E-state index in [0.717, 1.165) is 0 Å². The lowest BCUT2D eigenvalue weighted by Crippen LogP contribution is -2.18. The van der Waals surface area contributed by atoms with Gasteiger partial charge < -0.3 is 14.8 Å². The van der Waals surface area contributed by atoms with E-state index in [1.165, 1.54) is 43.7 Å². The topological polar surface area (TPSA) is 149 Å². The maximum Gasteiger partial charge on any atom is 0.343 e. The summed E-state index contributed by atoms with van der Waals surface area (Å²) in [5.74, 6) is -0.795. The number of nitro benzene ring substituents is 1. The van der Waals surface area contributed by atoms with E-state index in [2.05, 4.69) is 15.8 Å². The standard InChI is InChI=1S/C29H22N4O7/c1-39-25-15-11-19(12-16-25)27(34)31-23-7-4-6-21(17-23)28(35)32-30-18-22-5-2-3-8-26(22)40-29(36)20-9-13-24(14-10-20)33(37)38/h2-18H,1H3,(H,31,34)(H,32,35). The summed E-state index contributed by atoms with van der Waals surface area (Å²) in [5.41, 5.74) is 3.88. The molecule has 0 aliphatic carbocycles. The van der Waals surface area contributed by atoms with Crippen molar-refractivity contribution in [2.45, 2.75) is 0 Å². The Kier molecular flexibility index (Phi) is 8.57. The van der Waals surface area contributed by atoms with Crippen molar-refractivity contribution in [1.82, 2.24) is 5.43 Å². The number of nitro groups is 1. The van der Waals surface area contributed by atoms with E-state index < -0.39 is 16.8 Å². The molecule has 0 aromatic heterocycles. The fourth-order valence-electron chi connectivity index (χ4n) is 3.47. The molecule has 11 nitrogen and oxygen atoms in total. The van der Waals surface area contributed by atoms with Crippen molar-refractivity contribution < 1.29 is 28.8 Å². The summed E-state index contributed by atoms with van der Waals surface area (Å²) in [6, 6.07) is 24.5. The third-order valence-corrected chi connectivity index (χ3v) is 5.54. The van der Waals surface area contributed by atoms with Crippen molar-refractivity contribution in [3.63, 3.8) is 0 Å². The van der Waals surface area contributed by atoms with Crippen LogP contribution >= 0.6 is 0 Å². The summed E-state index contributed by atoms with van der Waals surface area (Å²) in [4.78, 5) is 47.9. The Morgan fingerprint density at radius 3 is 2.23 bits per heavy atom. The lowest BCUT2D eigenvalue weighted by molar-refractivity contribution is -0.384. The summed E-state index contributed by atoms with van der Waals surface area (Å²) in [6.45, 7) is 0. The molecule has 11 heteroatoms. The van der Waals surface area contributed by atoms with Gasteiger partial charge >= 0.3 is 5.97 Å². The number of carbonyl (C=O) groups is 3. The first kappa shape index (κ1) is 27.2. The first-order chi connectivity index (χ1) is 19.3. The summed E-state index contributed by atoms with van der Waals surface area (Å²) in [7, 11) is 1.54. The lowest BCUT2D eigenvalue weighted by atomic mass is 10.1. The summed E-state index contributed by atoms with van der Waals surface area (Å²) >= 11 is 0. The van der Waals surface area contributed by atoms with Gasteiger partial charge in [-0.3, -0.25) is 19.7 Å². The molecule has 0 heterocycles. The third kappa shape index (κ3) is 6.92. The third-order valence-electron chi connectivity index (χ3n) is 5.54. The number of para-hydroxylation sites is 1. The van der Waals surface area contributed by atoms with Crippen LogP contribution in [0.15, 0.2) is 102 Å². The van der Waals surface area contributed by atoms with E-state index in [1.54, 1.807) is 66.7 Å². The number of hydrogen-bond acceptors (Lipinski definition) is 8. The molecule has 0 bridgehead atoms. The minimum Gasteiger partial charge on any atom is -0.497 e. The average molecular weight is 539 g/mol. The quantitative estimate of drug-likeness (QED) is 0.102. The van der Waals surface area contributed by atoms with Crippen LogP contribution in [0.1, 0.15) is 36.6 Å². The first-order valence-corrected chi connectivity index (χ1v) is 11.8. The zero-order valence-corrected chi connectivity index (χ0v) is 21.1. The van der Waals surface area contributed by atoms with Crippen molar-refractivity contribution in [3.8, 4) is 11.5 Å². The summed E-state index contributed by atoms with van der Waals surface area (Å²) in [6.07, 6.45) is 1.31. The molecule has 0 saturated heterocycles. The molecular formula is C29H22N4O7. The normalized spacial score (nSPS) is 10.5. The number of esters is 1. The van der Waals surface area contributed by atoms with Gasteiger partial charge in [0.15, 0.2) is 0 Å². The number of methoxy groups -OCH3 is 1. The van der Waals surface area contributed by atoms with Crippen LogP contribution in [0.2, 0.25) is 0 Å². The molecule has 40 heavy (non-hydrogen) atoms. The number of hydrogen-bond donors (Lipinski definition) is 2. The van der Waals surface area contributed by atoms with Gasteiger partial charge in [-0.05, 0) is 66.7 Å². The van der Waals surface area contributed by atoms with Gasteiger partial charge in [0.1, 0.15) is 11.5 Å². The molecule has 0 fully saturated rings. The summed E-state index contributed by atoms with van der Waals surface area (Å²) < 4.78 is 10.5. The van der Waals surface area contributed by atoms with Gasteiger partial charge in [-0.25, -0.2) is 10.2 Å². The summed E-state index contributed by atoms with van der Waals surface area (Å²) in [5, 5.41) is 17.5. The number of rotatable bonds is 9. The van der Waals surface area contributed by atoms with Crippen LogP contribution in [0.4, 0.5) is 11.4 Å². The second kappa shape index (κ2) is 12.6. The number of non-ortho nitro benzene ring substituents is 1. The van der Waals surface area contributed by atoms with Crippen LogP contribution < -0.4 is 20.2 Å². The molecule has 0 saturated carbocycles. The average Bonchev–Trinajstić information content (AvgIpc) is 2.98. The predicted octanol–water partition coefficient (Wildman–Crippen LogP) is 4.84. The van der Waals surface area contributed by atoms with Gasteiger partial charge in [-0.2, -0.15) is 5.10 Å². The monoisotopic (exact) mass is 538 g/mol. The second-order valence-corrected chi connectivity index (χ2v) is 8.19. The molecular weight excluding hydrogens is 516 g/mol. The lowest BCUT2D eigenvalue weighted by Gasteiger charge is -2.08. The fourth-order valence-corrected chi connectivity index (χ4v) is 3.47. The van der Waals surface area contributed by atoms with Gasteiger partial charge in [-0.15, -0.1) is 0 Å². The van der Waals surface area contributed by atoms with Crippen molar-refractivity contribution in [2.24, 2.45) is 5.10 Å². The van der Waals surface area contributed by atoms with E-state index in [-0.39, 0.29) is 28.5 Å². The predicted molar refractivity (Wildman–Crippen MR) is 147 cm³/mol. The van der Waals surface area contributed by atoms with E-state index >= 15 is 0 Å². The smallest absolute Gasteiger partial charge is 0.343 e. The molecule has 0 aliphatic rings. The van der Waals surface area contributed by atoms with Crippen molar-refractivity contribution in [2.75, 3.05) is 12.4 Å². The largest absolute Gasteiger partial charge is 0.497 e. The van der Waals surface area contributed by atoms with Crippen LogP contribution in [0, 0.1) is 10.1 Å². The molecule has 0 aliphatic heterocycles.